The Hall–Kier alpha value is 0.200. The predicted octanol–water partition coefficient (Wildman–Crippen LogP) is 3.67. The highest BCUT2D eigenvalue weighted by Gasteiger charge is 2.04. The van der Waals surface area contributed by atoms with Gasteiger partial charge in [-0.3, -0.25) is 4.79 Å². The van der Waals surface area contributed by atoms with Gasteiger partial charge in [0.15, 0.2) is 0 Å². The zero-order valence-corrected chi connectivity index (χ0v) is 10.7. The molecule has 0 fully saturated rings. The van der Waals surface area contributed by atoms with Crippen molar-refractivity contribution < 1.29 is 9.53 Å². The molecule has 0 amide bonds. The highest BCUT2D eigenvalue weighted by atomic mass is 127. The molecule has 0 aliphatic heterocycles. The van der Waals surface area contributed by atoms with E-state index >= 15 is 0 Å². The van der Waals surface area contributed by atoms with Crippen LogP contribution in [-0.2, 0) is 9.53 Å². The third-order valence-corrected chi connectivity index (χ3v) is 2.03. The van der Waals surface area contributed by atoms with Crippen molar-refractivity contribution in [1.82, 2.24) is 0 Å². The van der Waals surface area contributed by atoms with E-state index in [2.05, 4.69) is 29.5 Å². The number of hydrogen-bond donors (Lipinski definition) is 0. The standard InChI is InChI=1S/C10H19IO2/c1-3-4-5-6-7-8-10(12)13-9(2)11/h9H,3-8H2,1-2H3. The highest BCUT2D eigenvalue weighted by molar-refractivity contribution is 14.1. The zero-order chi connectivity index (χ0) is 10.1. The molecule has 3 heteroatoms. The third-order valence-electron chi connectivity index (χ3n) is 1.78. The topological polar surface area (TPSA) is 26.3 Å². The second-order valence-corrected chi connectivity index (χ2v) is 4.95. The summed E-state index contributed by atoms with van der Waals surface area (Å²) < 4.78 is 5.01. The molecule has 0 radical (unpaired) electrons. The Kier molecular flexibility index (Phi) is 8.92. The van der Waals surface area contributed by atoms with E-state index in [1.54, 1.807) is 0 Å². The molecule has 0 aromatic rings. The number of hydrogen-bond acceptors (Lipinski definition) is 2. The summed E-state index contributed by atoms with van der Waals surface area (Å²) in [7, 11) is 0. The maximum Gasteiger partial charge on any atom is 0.306 e. The maximum absolute atomic E-state index is 11.1. The van der Waals surface area contributed by atoms with E-state index in [0.717, 1.165) is 12.8 Å². The van der Waals surface area contributed by atoms with Gasteiger partial charge in [-0.1, -0.05) is 32.6 Å². The van der Waals surface area contributed by atoms with E-state index in [-0.39, 0.29) is 10.1 Å². The van der Waals surface area contributed by atoms with Gasteiger partial charge in [0.05, 0.1) is 0 Å². The molecule has 0 heterocycles. The van der Waals surface area contributed by atoms with E-state index in [1.165, 1.54) is 19.3 Å². The lowest BCUT2D eigenvalue weighted by atomic mass is 10.1. The monoisotopic (exact) mass is 298 g/mol. The Balaban J connectivity index is 3.17. The molecule has 1 atom stereocenters. The van der Waals surface area contributed by atoms with Crippen molar-refractivity contribution in [3.8, 4) is 0 Å². The SMILES string of the molecule is CCCCCCCC(=O)OC(C)I. The smallest absolute Gasteiger partial charge is 0.306 e. The van der Waals surface area contributed by atoms with Gasteiger partial charge in [-0.15, -0.1) is 0 Å². The Morgan fingerprint density at radius 1 is 1.31 bits per heavy atom. The largest absolute Gasteiger partial charge is 0.452 e. The van der Waals surface area contributed by atoms with Crippen LogP contribution in [0.15, 0.2) is 0 Å². The van der Waals surface area contributed by atoms with Crippen LogP contribution in [0.4, 0.5) is 0 Å². The first kappa shape index (κ1) is 13.2. The number of carbonyl (C=O) groups excluding carboxylic acids is 1. The fraction of sp³-hybridized carbons (Fsp3) is 0.900. The van der Waals surface area contributed by atoms with Crippen molar-refractivity contribution in [1.29, 1.82) is 0 Å². The van der Waals surface area contributed by atoms with E-state index in [9.17, 15) is 4.79 Å². The number of alkyl halides is 1. The summed E-state index contributed by atoms with van der Waals surface area (Å²) in [6, 6.07) is 0. The minimum Gasteiger partial charge on any atom is -0.452 e. The number of ether oxygens (including phenoxy) is 1. The molecule has 0 aromatic heterocycles. The zero-order valence-electron chi connectivity index (χ0n) is 8.51. The maximum atomic E-state index is 11.1. The third kappa shape index (κ3) is 10.1. The van der Waals surface area contributed by atoms with Gasteiger partial charge in [-0.2, -0.15) is 0 Å². The first-order chi connectivity index (χ1) is 6.16. The van der Waals surface area contributed by atoms with Crippen LogP contribution in [0.3, 0.4) is 0 Å². The molecule has 13 heavy (non-hydrogen) atoms. The summed E-state index contributed by atoms with van der Waals surface area (Å²) in [5, 5.41) is 0. The number of unbranched alkanes of at least 4 members (excludes halogenated alkanes) is 4. The Labute approximate surface area is 94.6 Å². The molecule has 0 saturated heterocycles. The van der Waals surface area contributed by atoms with Gasteiger partial charge in [-0.05, 0) is 35.9 Å². The second kappa shape index (κ2) is 8.78. The summed E-state index contributed by atoms with van der Waals surface area (Å²) in [6.45, 7) is 4.06. The van der Waals surface area contributed by atoms with Gasteiger partial charge in [0.25, 0.3) is 0 Å². The lowest BCUT2D eigenvalue weighted by Gasteiger charge is -2.05. The van der Waals surface area contributed by atoms with Gasteiger partial charge in [0.1, 0.15) is 4.11 Å². The number of carbonyl (C=O) groups is 1. The van der Waals surface area contributed by atoms with Crippen molar-refractivity contribution in [2.45, 2.75) is 56.5 Å². The van der Waals surface area contributed by atoms with Crippen LogP contribution < -0.4 is 0 Å². The molecule has 0 N–H and O–H groups in total. The van der Waals surface area contributed by atoms with Crippen LogP contribution >= 0.6 is 22.6 Å². The van der Waals surface area contributed by atoms with Crippen LogP contribution in [-0.4, -0.2) is 10.1 Å². The predicted molar refractivity (Wildman–Crippen MR) is 63.0 cm³/mol. The summed E-state index contributed by atoms with van der Waals surface area (Å²) in [5.74, 6) is -0.0570. The quantitative estimate of drug-likeness (QED) is 0.310. The molecule has 0 aliphatic rings. The molecule has 1 unspecified atom stereocenters. The molecule has 2 nitrogen and oxygen atoms in total. The number of rotatable bonds is 7. The van der Waals surface area contributed by atoms with Crippen molar-refractivity contribution in [2.24, 2.45) is 0 Å². The summed E-state index contributed by atoms with van der Waals surface area (Å²) in [4.78, 5) is 11.1. The second-order valence-electron chi connectivity index (χ2n) is 3.20. The average Bonchev–Trinajstić information content (AvgIpc) is 2.02. The first-order valence-electron chi connectivity index (χ1n) is 5.00. The van der Waals surface area contributed by atoms with Gasteiger partial charge in [0.2, 0.25) is 0 Å². The Morgan fingerprint density at radius 2 is 1.92 bits per heavy atom. The summed E-state index contributed by atoms with van der Waals surface area (Å²) >= 11 is 2.09. The van der Waals surface area contributed by atoms with Crippen LogP contribution in [0, 0.1) is 0 Å². The van der Waals surface area contributed by atoms with E-state index < -0.39 is 0 Å². The normalized spacial score (nSPS) is 12.5. The molecular weight excluding hydrogens is 279 g/mol. The summed E-state index contributed by atoms with van der Waals surface area (Å²) in [6.07, 6.45) is 6.47. The van der Waals surface area contributed by atoms with Crippen molar-refractivity contribution in [3.63, 3.8) is 0 Å². The summed E-state index contributed by atoms with van der Waals surface area (Å²) in [5.41, 5.74) is 0. The van der Waals surface area contributed by atoms with Crippen LogP contribution in [0.1, 0.15) is 52.4 Å². The highest BCUT2D eigenvalue weighted by Crippen LogP contribution is 2.08. The molecule has 78 valence electrons. The Morgan fingerprint density at radius 3 is 2.46 bits per heavy atom. The molecule has 0 rings (SSSR count). The van der Waals surface area contributed by atoms with Gasteiger partial charge in [-0.25, -0.2) is 0 Å². The van der Waals surface area contributed by atoms with Crippen molar-refractivity contribution in [3.05, 3.63) is 0 Å². The molecule has 0 aliphatic carbocycles. The van der Waals surface area contributed by atoms with Crippen LogP contribution in [0.2, 0.25) is 0 Å². The van der Waals surface area contributed by atoms with E-state index in [4.69, 9.17) is 4.74 Å². The van der Waals surface area contributed by atoms with E-state index in [1.807, 2.05) is 6.92 Å². The first-order valence-corrected chi connectivity index (χ1v) is 6.25. The fourth-order valence-electron chi connectivity index (χ4n) is 1.11. The Bertz CT molecular complexity index is 135. The molecular formula is C10H19IO2. The minimum absolute atomic E-state index is 0.000687. The van der Waals surface area contributed by atoms with Gasteiger partial charge in [0, 0.05) is 6.42 Å². The van der Waals surface area contributed by atoms with E-state index in [0.29, 0.717) is 6.42 Å². The minimum atomic E-state index is -0.0570. The number of halogens is 1. The molecule has 0 bridgehead atoms. The fourth-order valence-corrected chi connectivity index (χ4v) is 1.40. The van der Waals surface area contributed by atoms with Crippen LogP contribution in [0.5, 0.6) is 0 Å². The van der Waals surface area contributed by atoms with Crippen molar-refractivity contribution in [2.75, 3.05) is 0 Å². The van der Waals surface area contributed by atoms with Gasteiger partial charge >= 0.3 is 5.97 Å². The average molecular weight is 298 g/mol. The van der Waals surface area contributed by atoms with Crippen LogP contribution in [0.25, 0.3) is 0 Å². The number of esters is 1. The molecule has 0 aromatic carbocycles. The lowest BCUT2D eigenvalue weighted by Crippen LogP contribution is -2.08. The molecule has 0 saturated carbocycles. The lowest BCUT2D eigenvalue weighted by molar-refractivity contribution is -0.144. The van der Waals surface area contributed by atoms with Crippen molar-refractivity contribution >= 4 is 28.6 Å². The molecule has 0 spiro atoms. The van der Waals surface area contributed by atoms with Gasteiger partial charge < -0.3 is 4.74 Å².